The Kier molecular flexibility index (Phi) is 15.9. The molecule has 2 aromatic carbocycles. The third-order valence-electron chi connectivity index (χ3n) is 9.57. The smallest absolute Gasteiger partial charge is 0.222 e. The highest BCUT2D eigenvalue weighted by atomic mass is 16.5. The molecular weight excluding hydrogens is 615 g/mol. The highest BCUT2D eigenvalue weighted by Gasteiger charge is 2.23. The van der Waals surface area contributed by atoms with Gasteiger partial charge in [-0.1, -0.05) is 68.8 Å². The molecule has 0 spiro atoms. The molecular formula is C39H57BN4O5. The number of allylic oxidation sites excluding steroid dienone is 1. The fourth-order valence-corrected chi connectivity index (χ4v) is 6.70. The number of phenolic OH excluding ortho intramolecular Hbond substituents is 1. The molecule has 0 radical (unpaired) electrons. The summed E-state index contributed by atoms with van der Waals surface area (Å²) in [6.07, 6.45) is 13.9. The minimum absolute atomic E-state index is 0.0504. The molecule has 2 fully saturated rings. The summed E-state index contributed by atoms with van der Waals surface area (Å²) in [5, 5.41) is 10.1. The number of nitrogens with zero attached hydrogens (tertiary/aromatic N) is 3. The molecule has 0 aliphatic carbocycles. The van der Waals surface area contributed by atoms with Gasteiger partial charge in [-0.15, -0.1) is 0 Å². The van der Waals surface area contributed by atoms with Gasteiger partial charge in [0.1, 0.15) is 37.8 Å². The Morgan fingerprint density at radius 3 is 2.22 bits per heavy atom. The number of ether oxygens (including phenoxy) is 2. The fourth-order valence-electron chi connectivity index (χ4n) is 6.70. The van der Waals surface area contributed by atoms with E-state index >= 15 is 0 Å². The molecule has 2 heterocycles. The van der Waals surface area contributed by atoms with E-state index in [2.05, 4.69) is 28.5 Å². The second-order valence-electron chi connectivity index (χ2n) is 13.5. The molecule has 2 amide bonds. The number of carbonyl (C=O) groups excluding carboxylic acids is 2. The predicted molar refractivity (Wildman–Crippen MR) is 200 cm³/mol. The van der Waals surface area contributed by atoms with Gasteiger partial charge >= 0.3 is 0 Å². The SMILES string of the molecule is B/C(=C\C(=C)OC1CCCN(c2ccc(OCCN3CCN(C(=O)CCCCCCCCCCC(N)=O)CC3)cc2)C1)c1ccccc1O. The van der Waals surface area contributed by atoms with Crippen molar-refractivity contribution in [2.24, 2.45) is 5.73 Å². The Hall–Kier alpha value is -3.92. The largest absolute Gasteiger partial charge is 0.507 e. The van der Waals surface area contributed by atoms with E-state index in [0.29, 0.717) is 25.2 Å². The zero-order chi connectivity index (χ0) is 34.8. The molecule has 4 rings (SSSR count). The highest BCUT2D eigenvalue weighted by molar-refractivity contribution is 6.42. The van der Waals surface area contributed by atoms with Gasteiger partial charge in [0, 0.05) is 63.4 Å². The number of anilines is 1. The van der Waals surface area contributed by atoms with E-state index in [0.717, 1.165) is 113 Å². The molecule has 2 aromatic rings. The molecule has 0 saturated carbocycles. The molecule has 2 aliphatic heterocycles. The van der Waals surface area contributed by atoms with Gasteiger partial charge in [-0.2, -0.15) is 0 Å². The number of benzene rings is 2. The average Bonchev–Trinajstić information content (AvgIpc) is 3.09. The fraction of sp³-hybridized carbons (Fsp3) is 0.538. The zero-order valence-corrected chi connectivity index (χ0v) is 29.6. The number of phenols is 1. The van der Waals surface area contributed by atoms with Crippen molar-refractivity contribution in [3.8, 4) is 11.5 Å². The van der Waals surface area contributed by atoms with Crippen LogP contribution >= 0.6 is 0 Å². The number of piperidine rings is 1. The lowest BCUT2D eigenvalue weighted by atomic mass is 9.87. The summed E-state index contributed by atoms with van der Waals surface area (Å²) in [6.45, 7) is 10.7. The first-order valence-electron chi connectivity index (χ1n) is 18.4. The molecule has 2 aliphatic rings. The van der Waals surface area contributed by atoms with Gasteiger partial charge in [0.15, 0.2) is 0 Å². The van der Waals surface area contributed by atoms with Gasteiger partial charge in [-0.25, -0.2) is 0 Å². The maximum absolute atomic E-state index is 12.7. The summed E-state index contributed by atoms with van der Waals surface area (Å²) >= 11 is 0. The summed E-state index contributed by atoms with van der Waals surface area (Å²) in [4.78, 5) is 30.2. The van der Waals surface area contributed by atoms with Crippen LogP contribution in [0.25, 0.3) is 5.47 Å². The average molecular weight is 673 g/mol. The Morgan fingerprint density at radius 2 is 1.55 bits per heavy atom. The van der Waals surface area contributed by atoms with Crippen LogP contribution in [-0.4, -0.2) is 93.1 Å². The Balaban J connectivity index is 1.06. The number of para-hydroxylation sites is 1. The first-order valence-corrected chi connectivity index (χ1v) is 18.4. The molecule has 1 unspecified atom stereocenters. The van der Waals surface area contributed by atoms with Gasteiger partial charge < -0.3 is 30.1 Å². The Morgan fingerprint density at radius 1 is 0.898 bits per heavy atom. The van der Waals surface area contributed by atoms with E-state index in [4.69, 9.17) is 15.2 Å². The van der Waals surface area contributed by atoms with E-state index in [1.807, 2.05) is 49.2 Å². The lowest BCUT2D eigenvalue weighted by Crippen LogP contribution is -2.49. The minimum atomic E-state index is -0.205. The summed E-state index contributed by atoms with van der Waals surface area (Å²) in [5.41, 5.74) is 8.03. The zero-order valence-electron chi connectivity index (χ0n) is 29.6. The van der Waals surface area contributed by atoms with Crippen molar-refractivity contribution in [2.75, 3.05) is 57.3 Å². The third kappa shape index (κ3) is 13.5. The molecule has 10 heteroatoms. The van der Waals surface area contributed by atoms with Crippen molar-refractivity contribution in [3.63, 3.8) is 0 Å². The Bertz CT molecular complexity index is 1360. The molecule has 3 N–H and O–H groups in total. The van der Waals surface area contributed by atoms with E-state index in [-0.39, 0.29) is 23.7 Å². The van der Waals surface area contributed by atoms with Crippen molar-refractivity contribution in [1.82, 2.24) is 9.80 Å². The van der Waals surface area contributed by atoms with Crippen LogP contribution in [0.3, 0.4) is 0 Å². The van der Waals surface area contributed by atoms with Crippen molar-refractivity contribution >= 4 is 30.8 Å². The number of primary amides is 1. The van der Waals surface area contributed by atoms with Gasteiger partial charge in [-0.3, -0.25) is 14.5 Å². The lowest BCUT2D eigenvalue weighted by Gasteiger charge is -2.35. The molecule has 2 saturated heterocycles. The predicted octanol–water partition coefficient (Wildman–Crippen LogP) is 5.47. The maximum atomic E-state index is 12.7. The van der Waals surface area contributed by atoms with Crippen LogP contribution in [0.2, 0.25) is 0 Å². The molecule has 9 nitrogen and oxygen atoms in total. The molecule has 49 heavy (non-hydrogen) atoms. The number of hydrogen-bond acceptors (Lipinski definition) is 7. The van der Waals surface area contributed by atoms with Gasteiger partial charge in [-0.05, 0) is 62.1 Å². The van der Waals surface area contributed by atoms with Crippen LogP contribution < -0.4 is 15.4 Å². The number of aromatic hydroxyl groups is 1. The summed E-state index contributed by atoms with van der Waals surface area (Å²) < 4.78 is 12.3. The van der Waals surface area contributed by atoms with E-state index in [1.54, 1.807) is 6.07 Å². The monoisotopic (exact) mass is 672 g/mol. The normalized spacial score (nSPS) is 17.1. The van der Waals surface area contributed by atoms with Gasteiger partial charge in [0.05, 0.1) is 6.54 Å². The van der Waals surface area contributed by atoms with Gasteiger partial charge in [0.25, 0.3) is 0 Å². The van der Waals surface area contributed by atoms with E-state index in [9.17, 15) is 14.7 Å². The summed E-state index contributed by atoms with van der Waals surface area (Å²) in [6, 6.07) is 15.6. The van der Waals surface area contributed by atoms with Crippen LogP contribution in [-0.2, 0) is 14.3 Å². The molecule has 0 bridgehead atoms. The van der Waals surface area contributed by atoms with Crippen LogP contribution in [0.15, 0.2) is 66.9 Å². The topological polar surface area (TPSA) is 109 Å². The number of unbranched alkanes of at least 4 members (excludes halogenated alkanes) is 7. The number of nitrogens with two attached hydrogens (primary N) is 1. The number of carbonyl (C=O) groups is 2. The standard InChI is InChI=1S/C39H57BN4O5/c1-31(29-36(40)35-14-10-11-15-37(35)45)49-34-13-12-22-44(30-34)32-18-20-33(21-19-32)48-28-27-42-23-25-43(26-24-42)39(47)17-9-7-5-3-2-4-6-8-16-38(41)46/h10-11,14-15,18-21,29,34,45H,1-9,12-13,16-17,22-28,30,40H2,(H2,41,46)/b36-29-. The van der Waals surface area contributed by atoms with E-state index < -0.39 is 0 Å². The van der Waals surface area contributed by atoms with Crippen LogP contribution in [0.1, 0.15) is 82.6 Å². The van der Waals surface area contributed by atoms with Crippen LogP contribution in [0.4, 0.5) is 5.69 Å². The van der Waals surface area contributed by atoms with Crippen molar-refractivity contribution < 1.29 is 24.2 Å². The summed E-state index contributed by atoms with van der Waals surface area (Å²) in [5.74, 6) is 1.81. The van der Waals surface area contributed by atoms with Crippen LogP contribution in [0, 0.1) is 0 Å². The highest BCUT2D eigenvalue weighted by Crippen LogP contribution is 2.27. The minimum Gasteiger partial charge on any atom is -0.507 e. The number of piperazine rings is 1. The van der Waals surface area contributed by atoms with Crippen molar-refractivity contribution in [3.05, 3.63) is 72.5 Å². The first kappa shape index (κ1) is 37.9. The quantitative estimate of drug-likeness (QED) is 0.0831. The molecule has 1 atom stereocenters. The Labute approximate surface area is 294 Å². The van der Waals surface area contributed by atoms with Crippen LogP contribution in [0.5, 0.6) is 11.5 Å². The summed E-state index contributed by atoms with van der Waals surface area (Å²) in [7, 11) is 1.95. The maximum Gasteiger partial charge on any atom is 0.222 e. The second-order valence-corrected chi connectivity index (χ2v) is 13.5. The lowest BCUT2D eigenvalue weighted by molar-refractivity contribution is -0.133. The van der Waals surface area contributed by atoms with Gasteiger partial charge in [0.2, 0.25) is 11.8 Å². The second kappa shape index (κ2) is 20.6. The third-order valence-corrected chi connectivity index (χ3v) is 9.57. The van der Waals surface area contributed by atoms with Crippen molar-refractivity contribution in [1.29, 1.82) is 0 Å². The first-order chi connectivity index (χ1) is 23.8. The van der Waals surface area contributed by atoms with Crippen molar-refractivity contribution in [2.45, 2.75) is 83.2 Å². The number of amides is 2. The molecule has 0 aromatic heterocycles. The number of rotatable bonds is 20. The van der Waals surface area contributed by atoms with E-state index in [1.165, 1.54) is 19.3 Å². The molecule has 266 valence electrons. The number of hydrogen-bond donors (Lipinski definition) is 2.